The van der Waals surface area contributed by atoms with E-state index in [0.717, 1.165) is 37.7 Å². The minimum atomic E-state index is -4.04. The summed E-state index contributed by atoms with van der Waals surface area (Å²) < 4.78 is 27.1. The van der Waals surface area contributed by atoms with Crippen LogP contribution in [0.1, 0.15) is 61.4 Å². The molecule has 0 spiro atoms. The maximum absolute atomic E-state index is 11.2. The van der Waals surface area contributed by atoms with E-state index in [9.17, 15) is 13.5 Å². The summed E-state index contributed by atoms with van der Waals surface area (Å²) in [7, 11) is -4.04. The molecule has 5 nitrogen and oxygen atoms in total. The summed E-state index contributed by atoms with van der Waals surface area (Å²) in [4.78, 5) is 0. The standard InChI is InChI=1S/C18H24ClNO4S/c1-18-7-6-12-11-3-2-10(24-25(20,22)23)8-14(11)16(19)9-13(12)15(18)4-5-17(18)21/h2-3,8,12-13,15-17,21H,4-7,9H2,1H3,(H2,20,22,23)/t12-,13-,15+,16+,17+,18+/m1/s1. The highest BCUT2D eigenvalue weighted by Gasteiger charge is 2.55. The van der Waals surface area contributed by atoms with Crippen molar-refractivity contribution in [1.82, 2.24) is 0 Å². The molecular formula is C18H24ClNO4S. The van der Waals surface area contributed by atoms with Gasteiger partial charge < -0.3 is 9.29 Å². The predicted molar refractivity (Wildman–Crippen MR) is 95.7 cm³/mol. The first kappa shape index (κ1) is 17.6. The van der Waals surface area contributed by atoms with Crippen LogP contribution in [0, 0.1) is 17.3 Å². The molecule has 0 bridgehead atoms. The smallest absolute Gasteiger partial charge is 0.380 e. The molecule has 0 aliphatic heterocycles. The van der Waals surface area contributed by atoms with Crippen molar-refractivity contribution in [3.05, 3.63) is 29.3 Å². The van der Waals surface area contributed by atoms with E-state index < -0.39 is 10.3 Å². The number of hydrogen-bond acceptors (Lipinski definition) is 4. The molecule has 3 aliphatic carbocycles. The van der Waals surface area contributed by atoms with E-state index in [1.54, 1.807) is 12.1 Å². The van der Waals surface area contributed by atoms with Gasteiger partial charge in [-0.1, -0.05) is 13.0 Å². The minimum absolute atomic E-state index is 0.00591. The molecule has 0 aromatic heterocycles. The number of nitrogens with two attached hydrogens (primary N) is 1. The maximum Gasteiger partial charge on any atom is 0.380 e. The van der Waals surface area contributed by atoms with Crippen LogP contribution >= 0.6 is 11.6 Å². The summed E-state index contributed by atoms with van der Waals surface area (Å²) in [6.07, 6.45) is 4.63. The van der Waals surface area contributed by atoms with Gasteiger partial charge in [-0.05, 0) is 78.5 Å². The van der Waals surface area contributed by atoms with Gasteiger partial charge in [-0.15, -0.1) is 11.6 Å². The molecule has 138 valence electrons. The third-order valence-electron chi connectivity index (χ3n) is 6.87. The van der Waals surface area contributed by atoms with E-state index in [0.29, 0.717) is 17.8 Å². The minimum Gasteiger partial charge on any atom is -0.393 e. The lowest BCUT2D eigenvalue weighted by Gasteiger charge is -2.50. The molecule has 0 radical (unpaired) electrons. The zero-order valence-electron chi connectivity index (χ0n) is 14.2. The van der Waals surface area contributed by atoms with Crippen molar-refractivity contribution >= 4 is 21.9 Å². The van der Waals surface area contributed by atoms with Crippen LogP contribution < -0.4 is 9.32 Å². The Morgan fingerprint density at radius 1 is 1.28 bits per heavy atom. The van der Waals surface area contributed by atoms with Gasteiger partial charge in [0.1, 0.15) is 5.75 Å². The van der Waals surface area contributed by atoms with Crippen LogP contribution in [0.25, 0.3) is 0 Å². The van der Waals surface area contributed by atoms with Gasteiger partial charge in [0, 0.05) is 0 Å². The van der Waals surface area contributed by atoms with Gasteiger partial charge in [0.05, 0.1) is 11.5 Å². The molecule has 2 fully saturated rings. The Morgan fingerprint density at radius 3 is 2.76 bits per heavy atom. The lowest BCUT2D eigenvalue weighted by Crippen LogP contribution is -2.44. The number of alkyl halides is 1. The van der Waals surface area contributed by atoms with Crippen molar-refractivity contribution < 1.29 is 17.7 Å². The molecule has 3 N–H and O–H groups in total. The van der Waals surface area contributed by atoms with Gasteiger partial charge in [0.2, 0.25) is 0 Å². The quantitative estimate of drug-likeness (QED) is 0.765. The fourth-order valence-electron chi connectivity index (χ4n) is 5.69. The fourth-order valence-corrected chi connectivity index (χ4v) is 6.46. The molecule has 6 atom stereocenters. The highest BCUT2D eigenvalue weighted by Crippen LogP contribution is 2.62. The van der Waals surface area contributed by atoms with E-state index >= 15 is 0 Å². The third kappa shape index (κ3) is 2.87. The Hall–Kier alpha value is -0.820. The Kier molecular flexibility index (Phi) is 4.11. The zero-order chi connectivity index (χ0) is 18.0. The van der Waals surface area contributed by atoms with Crippen LogP contribution in [0.2, 0.25) is 0 Å². The van der Waals surface area contributed by atoms with Crippen molar-refractivity contribution in [3.8, 4) is 5.75 Å². The van der Waals surface area contributed by atoms with E-state index in [2.05, 4.69) is 6.92 Å². The average Bonchev–Trinajstić information content (AvgIpc) is 2.82. The first-order valence-corrected chi connectivity index (χ1v) is 10.8. The lowest BCUT2D eigenvalue weighted by atomic mass is 9.55. The molecular weight excluding hydrogens is 362 g/mol. The molecule has 0 heterocycles. The van der Waals surface area contributed by atoms with Crippen LogP contribution in [-0.4, -0.2) is 19.6 Å². The van der Waals surface area contributed by atoms with Gasteiger partial charge in [-0.3, -0.25) is 0 Å². The van der Waals surface area contributed by atoms with E-state index in [4.69, 9.17) is 20.9 Å². The zero-order valence-corrected chi connectivity index (χ0v) is 15.8. The second kappa shape index (κ2) is 5.84. The SMILES string of the molecule is C[C@]12CC[C@@H]3c4ccc(OS(N)(=O)=O)cc4[C@@H](Cl)C[C@H]3[C@@H]1CC[C@@H]2O. The number of rotatable bonds is 2. The molecule has 3 aliphatic rings. The predicted octanol–water partition coefficient (Wildman–Crippen LogP) is 3.22. The Labute approximate surface area is 153 Å². The van der Waals surface area contributed by atoms with Crippen molar-refractivity contribution in [3.63, 3.8) is 0 Å². The maximum atomic E-state index is 11.2. The molecule has 2 saturated carbocycles. The molecule has 25 heavy (non-hydrogen) atoms. The van der Waals surface area contributed by atoms with Crippen LogP contribution in [-0.2, 0) is 10.3 Å². The summed E-state index contributed by atoms with van der Waals surface area (Å²) in [5.74, 6) is 1.59. The third-order valence-corrected chi connectivity index (χ3v) is 7.71. The van der Waals surface area contributed by atoms with E-state index in [1.807, 2.05) is 6.07 Å². The van der Waals surface area contributed by atoms with Crippen molar-refractivity contribution in [2.24, 2.45) is 22.4 Å². The molecule has 1 aromatic carbocycles. The molecule has 0 unspecified atom stereocenters. The molecule has 0 amide bonds. The number of fused-ring (bicyclic) bond motifs is 5. The fraction of sp³-hybridized carbons (Fsp3) is 0.667. The molecule has 7 heteroatoms. The van der Waals surface area contributed by atoms with E-state index in [-0.39, 0.29) is 22.6 Å². The van der Waals surface area contributed by atoms with Gasteiger partial charge in [-0.25, -0.2) is 0 Å². The normalized spacial score (nSPS) is 40.1. The number of halogens is 1. The first-order valence-electron chi connectivity index (χ1n) is 8.87. The summed E-state index contributed by atoms with van der Waals surface area (Å²) in [6, 6.07) is 5.31. The Bertz CT molecular complexity index is 798. The molecule has 4 rings (SSSR count). The summed E-state index contributed by atoms with van der Waals surface area (Å²) in [5, 5.41) is 15.2. The van der Waals surface area contributed by atoms with Crippen molar-refractivity contribution in [1.29, 1.82) is 0 Å². The van der Waals surface area contributed by atoms with Crippen LogP contribution in [0.4, 0.5) is 0 Å². The summed E-state index contributed by atoms with van der Waals surface area (Å²) in [5.41, 5.74) is 2.15. The largest absolute Gasteiger partial charge is 0.393 e. The van der Waals surface area contributed by atoms with Gasteiger partial charge >= 0.3 is 10.3 Å². The van der Waals surface area contributed by atoms with Crippen LogP contribution in [0.15, 0.2) is 18.2 Å². The summed E-state index contributed by atoms with van der Waals surface area (Å²) in [6.45, 7) is 2.23. The van der Waals surface area contributed by atoms with E-state index in [1.165, 1.54) is 5.56 Å². The number of aliphatic hydroxyl groups excluding tert-OH is 1. The molecule has 1 aromatic rings. The number of benzene rings is 1. The Morgan fingerprint density at radius 2 is 2.04 bits per heavy atom. The van der Waals surface area contributed by atoms with Crippen molar-refractivity contribution in [2.45, 2.75) is 56.4 Å². The van der Waals surface area contributed by atoms with Crippen LogP contribution in [0.3, 0.4) is 0 Å². The monoisotopic (exact) mass is 385 g/mol. The van der Waals surface area contributed by atoms with Gasteiger partial charge in [-0.2, -0.15) is 13.6 Å². The Balaban J connectivity index is 1.69. The van der Waals surface area contributed by atoms with Crippen LogP contribution in [0.5, 0.6) is 5.75 Å². The average molecular weight is 386 g/mol. The second-order valence-corrected chi connectivity index (χ2v) is 9.76. The van der Waals surface area contributed by atoms with Crippen molar-refractivity contribution in [2.75, 3.05) is 0 Å². The highest BCUT2D eigenvalue weighted by molar-refractivity contribution is 7.84. The number of hydrogen-bond donors (Lipinski definition) is 2. The van der Waals surface area contributed by atoms with Gasteiger partial charge in [0.25, 0.3) is 0 Å². The lowest BCUT2D eigenvalue weighted by molar-refractivity contribution is -0.0230. The first-order chi connectivity index (χ1) is 11.7. The topological polar surface area (TPSA) is 89.6 Å². The second-order valence-electron chi connectivity index (χ2n) is 8.08. The number of aliphatic hydroxyl groups is 1. The summed E-state index contributed by atoms with van der Waals surface area (Å²) >= 11 is 6.68. The van der Waals surface area contributed by atoms with Gasteiger partial charge in [0.15, 0.2) is 0 Å². The molecule has 0 saturated heterocycles. The highest BCUT2D eigenvalue weighted by atomic mass is 35.5.